The molecule has 0 saturated heterocycles. The molecule has 1 amide bonds. The first-order chi connectivity index (χ1) is 17.3. The zero-order chi connectivity index (χ0) is 25.5. The maximum absolute atomic E-state index is 13.8. The molecule has 190 valence electrons. The van der Waals surface area contributed by atoms with Crippen LogP contribution in [0.2, 0.25) is 0 Å². The fourth-order valence-corrected chi connectivity index (χ4v) is 6.28. The molecule has 0 aliphatic heterocycles. The Bertz CT molecular complexity index is 1260. The molecule has 3 aromatic carbocycles. The Morgan fingerprint density at radius 1 is 0.917 bits per heavy atom. The van der Waals surface area contributed by atoms with Crippen molar-refractivity contribution in [1.82, 2.24) is 9.62 Å². The molecular formula is C29H33FN2O3S. The molecule has 0 atom stereocenters. The van der Waals surface area contributed by atoms with Crippen LogP contribution in [0.1, 0.15) is 42.4 Å². The van der Waals surface area contributed by atoms with Crippen LogP contribution in [0, 0.1) is 24.6 Å². The van der Waals surface area contributed by atoms with E-state index in [0.717, 1.165) is 42.9 Å². The second-order valence-electron chi connectivity index (χ2n) is 9.66. The van der Waals surface area contributed by atoms with Gasteiger partial charge in [0.25, 0.3) is 0 Å². The highest BCUT2D eigenvalue weighted by Gasteiger charge is 2.31. The van der Waals surface area contributed by atoms with Crippen molar-refractivity contribution < 1.29 is 17.6 Å². The van der Waals surface area contributed by atoms with E-state index in [9.17, 15) is 17.6 Å². The average molecular weight is 509 g/mol. The third-order valence-electron chi connectivity index (χ3n) is 6.90. The average Bonchev–Trinajstić information content (AvgIpc) is 2.89. The van der Waals surface area contributed by atoms with Crippen molar-refractivity contribution in [2.24, 2.45) is 11.8 Å². The number of halogens is 1. The highest BCUT2D eigenvalue weighted by Crippen LogP contribution is 2.31. The Kier molecular flexibility index (Phi) is 8.54. The number of benzene rings is 3. The minimum atomic E-state index is -3.88. The number of hydrogen-bond acceptors (Lipinski definition) is 3. The quantitative estimate of drug-likeness (QED) is 0.418. The topological polar surface area (TPSA) is 66.5 Å². The summed E-state index contributed by atoms with van der Waals surface area (Å²) < 4.78 is 42.2. The molecule has 5 nitrogen and oxygen atoms in total. The van der Waals surface area contributed by atoms with Crippen LogP contribution in [0.4, 0.5) is 4.39 Å². The molecule has 0 aromatic heterocycles. The lowest BCUT2D eigenvalue weighted by molar-refractivity contribution is -0.126. The first-order valence-corrected chi connectivity index (χ1v) is 13.9. The van der Waals surface area contributed by atoms with Crippen molar-refractivity contribution in [3.05, 3.63) is 101 Å². The van der Waals surface area contributed by atoms with E-state index < -0.39 is 15.8 Å². The highest BCUT2D eigenvalue weighted by molar-refractivity contribution is 7.89. The molecule has 7 heteroatoms. The zero-order valence-corrected chi connectivity index (χ0v) is 21.4. The lowest BCUT2D eigenvalue weighted by atomic mass is 9.81. The maximum atomic E-state index is 13.8. The van der Waals surface area contributed by atoms with E-state index >= 15 is 0 Å². The van der Waals surface area contributed by atoms with Crippen molar-refractivity contribution in [3.8, 4) is 0 Å². The molecule has 0 heterocycles. The van der Waals surface area contributed by atoms with Gasteiger partial charge in [-0.3, -0.25) is 4.79 Å². The summed E-state index contributed by atoms with van der Waals surface area (Å²) in [7, 11) is -3.88. The van der Waals surface area contributed by atoms with Crippen molar-refractivity contribution in [2.45, 2.75) is 50.6 Å². The standard InChI is InChI=1S/C29H33FN2O3S/c1-22-10-12-23(13-11-22)19-31-29(33)26-16-14-25(15-17-26)21-32(20-24-6-3-2-4-7-24)36(34,35)28-9-5-8-27(30)18-28/h2-13,18,25-26H,14-17,19-21H2,1H3,(H,31,33). The van der Waals surface area contributed by atoms with Crippen molar-refractivity contribution in [2.75, 3.05) is 6.54 Å². The van der Waals surface area contributed by atoms with Crippen LogP contribution < -0.4 is 5.32 Å². The van der Waals surface area contributed by atoms with Gasteiger partial charge in [-0.1, -0.05) is 66.2 Å². The highest BCUT2D eigenvalue weighted by atomic mass is 32.2. The predicted molar refractivity (Wildman–Crippen MR) is 139 cm³/mol. The number of nitrogens with one attached hydrogen (secondary N) is 1. The van der Waals surface area contributed by atoms with Gasteiger partial charge < -0.3 is 5.32 Å². The summed E-state index contributed by atoms with van der Waals surface area (Å²) in [6, 6.07) is 22.7. The van der Waals surface area contributed by atoms with Crippen LogP contribution in [0.3, 0.4) is 0 Å². The monoisotopic (exact) mass is 508 g/mol. The van der Waals surface area contributed by atoms with Gasteiger partial charge in [0.2, 0.25) is 15.9 Å². The van der Waals surface area contributed by atoms with Gasteiger partial charge in [-0.2, -0.15) is 4.31 Å². The summed E-state index contributed by atoms with van der Waals surface area (Å²) in [5, 5.41) is 3.05. The van der Waals surface area contributed by atoms with Crippen LogP contribution in [-0.2, 0) is 27.9 Å². The minimum Gasteiger partial charge on any atom is -0.352 e. The molecule has 1 saturated carbocycles. The normalized spacial score (nSPS) is 18.2. The molecule has 3 aromatic rings. The second-order valence-corrected chi connectivity index (χ2v) is 11.6. The van der Waals surface area contributed by atoms with Crippen LogP contribution >= 0.6 is 0 Å². The van der Waals surface area contributed by atoms with Gasteiger partial charge in [-0.05, 0) is 67.9 Å². The number of carbonyl (C=O) groups excluding carboxylic acids is 1. The van der Waals surface area contributed by atoms with E-state index in [2.05, 4.69) is 5.32 Å². The van der Waals surface area contributed by atoms with Crippen LogP contribution in [0.25, 0.3) is 0 Å². The van der Waals surface area contributed by atoms with Gasteiger partial charge in [0.05, 0.1) is 4.90 Å². The van der Waals surface area contributed by atoms with E-state index in [1.165, 1.54) is 28.1 Å². The Morgan fingerprint density at radius 2 is 1.61 bits per heavy atom. The lowest BCUT2D eigenvalue weighted by Crippen LogP contribution is -2.38. The summed E-state index contributed by atoms with van der Waals surface area (Å²) in [5.41, 5.74) is 3.13. The number of nitrogens with zero attached hydrogens (tertiary/aromatic N) is 1. The Morgan fingerprint density at radius 3 is 2.28 bits per heavy atom. The molecule has 1 N–H and O–H groups in total. The summed E-state index contributed by atoms with van der Waals surface area (Å²) >= 11 is 0. The number of sulfonamides is 1. The Balaban J connectivity index is 1.38. The van der Waals surface area contributed by atoms with Gasteiger partial charge in [-0.25, -0.2) is 12.8 Å². The molecule has 1 aliphatic rings. The third kappa shape index (κ3) is 6.80. The number of hydrogen-bond donors (Lipinski definition) is 1. The fraction of sp³-hybridized carbons (Fsp3) is 0.345. The summed E-state index contributed by atoms with van der Waals surface area (Å²) in [4.78, 5) is 12.7. The lowest BCUT2D eigenvalue weighted by Gasteiger charge is -2.32. The molecule has 0 spiro atoms. The van der Waals surface area contributed by atoms with Gasteiger partial charge in [0.1, 0.15) is 5.82 Å². The first-order valence-electron chi connectivity index (χ1n) is 12.4. The molecule has 0 unspecified atom stereocenters. The third-order valence-corrected chi connectivity index (χ3v) is 8.71. The van der Waals surface area contributed by atoms with Crippen molar-refractivity contribution in [3.63, 3.8) is 0 Å². The van der Waals surface area contributed by atoms with E-state index in [4.69, 9.17) is 0 Å². The maximum Gasteiger partial charge on any atom is 0.243 e. The van der Waals surface area contributed by atoms with Crippen LogP contribution in [-0.4, -0.2) is 25.2 Å². The number of amides is 1. The smallest absolute Gasteiger partial charge is 0.243 e. The largest absolute Gasteiger partial charge is 0.352 e. The van der Waals surface area contributed by atoms with Gasteiger partial charge in [0, 0.05) is 25.6 Å². The Hall–Kier alpha value is -3.03. The number of aryl methyl sites for hydroxylation is 1. The molecule has 36 heavy (non-hydrogen) atoms. The van der Waals surface area contributed by atoms with Crippen LogP contribution in [0.15, 0.2) is 83.8 Å². The first kappa shape index (κ1) is 26.0. The van der Waals surface area contributed by atoms with Gasteiger partial charge in [0.15, 0.2) is 0 Å². The zero-order valence-electron chi connectivity index (χ0n) is 20.6. The summed E-state index contributed by atoms with van der Waals surface area (Å²) in [6.07, 6.45) is 2.99. The van der Waals surface area contributed by atoms with E-state index in [0.29, 0.717) is 13.1 Å². The minimum absolute atomic E-state index is 0.0393. The summed E-state index contributed by atoms with van der Waals surface area (Å²) in [6.45, 7) is 3.10. The predicted octanol–water partition coefficient (Wildman–Crippen LogP) is 5.45. The van der Waals surface area contributed by atoms with Crippen molar-refractivity contribution in [1.29, 1.82) is 0 Å². The van der Waals surface area contributed by atoms with E-state index in [-0.39, 0.29) is 29.2 Å². The molecule has 1 fully saturated rings. The van der Waals surface area contributed by atoms with E-state index in [1.807, 2.05) is 61.5 Å². The van der Waals surface area contributed by atoms with E-state index in [1.54, 1.807) is 0 Å². The molecular weight excluding hydrogens is 475 g/mol. The summed E-state index contributed by atoms with van der Waals surface area (Å²) in [5.74, 6) is -0.442. The fourth-order valence-electron chi connectivity index (χ4n) is 4.75. The SMILES string of the molecule is Cc1ccc(CNC(=O)C2CCC(CN(Cc3ccccc3)S(=O)(=O)c3cccc(F)c3)CC2)cc1. The molecule has 1 aliphatic carbocycles. The molecule has 0 bridgehead atoms. The molecule has 0 radical (unpaired) electrons. The van der Waals surface area contributed by atoms with Gasteiger partial charge >= 0.3 is 0 Å². The van der Waals surface area contributed by atoms with Crippen molar-refractivity contribution >= 4 is 15.9 Å². The number of carbonyl (C=O) groups is 1. The van der Waals surface area contributed by atoms with Crippen LogP contribution in [0.5, 0.6) is 0 Å². The number of rotatable bonds is 9. The van der Waals surface area contributed by atoms with Gasteiger partial charge in [-0.15, -0.1) is 0 Å². The molecule has 4 rings (SSSR count). The Labute approximate surface area is 213 Å². The second kappa shape index (κ2) is 11.8.